The Labute approximate surface area is 125 Å². The van der Waals surface area contributed by atoms with Crippen LogP contribution in [0.1, 0.15) is 26.3 Å². The van der Waals surface area contributed by atoms with Crippen molar-refractivity contribution in [3.63, 3.8) is 0 Å². The van der Waals surface area contributed by atoms with Crippen LogP contribution in [0, 0.1) is 0 Å². The van der Waals surface area contributed by atoms with E-state index in [1.165, 1.54) is 5.56 Å². The Morgan fingerprint density at radius 1 is 1.42 bits per heavy atom. The van der Waals surface area contributed by atoms with Gasteiger partial charge in [0.1, 0.15) is 10.0 Å². The van der Waals surface area contributed by atoms with Gasteiger partial charge >= 0.3 is 0 Å². The van der Waals surface area contributed by atoms with Crippen molar-refractivity contribution in [2.75, 3.05) is 12.4 Å². The highest BCUT2D eigenvalue weighted by atomic mass is 32.2. The Bertz CT molecular complexity index is 433. The quantitative estimate of drug-likeness (QED) is 0.788. The fourth-order valence-corrected chi connectivity index (χ4v) is 4.07. The molecule has 1 aliphatic rings. The molecule has 19 heavy (non-hydrogen) atoms. The van der Waals surface area contributed by atoms with E-state index in [1.807, 2.05) is 6.07 Å². The molecular weight excluding hydrogens is 274 g/mol. The van der Waals surface area contributed by atoms with Crippen LogP contribution < -0.4 is 0 Å². The summed E-state index contributed by atoms with van der Waals surface area (Å²) in [7, 11) is 0. The summed E-state index contributed by atoms with van der Waals surface area (Å²) in [4.78, 5) is 2.22. The fourth-order valence-electron chi connectivity index (χ4n) is 2.37. The molecular formula is C15H21NOS2. The summed E-state index contributed by atoms with van der Waals surface area (Å²) in [6.45, 7) is 7.09. The average molecular weight is 295 g/mol. The third-order valence-electron chi connectivity index (χ3n) is 3.35. The molecule has 1 fully saturated rings. The van der Waals surface area contributed by atoms with Crippen molar-refractivity contribution in [3.05, 3.63) is 35.9 Å². The van der Waals surface area contributed by atoms with E-state index in [2.05, 4.69) is 49.9 Å². The Hall–Kier alpha value is -0.580. The second-order valence-corrected chi connectivity index (χ2v) is 7.06. The summed E-state index contributed by atoms with van der Waals surface area (Å²) in [5.41, 5.74) is 1.10. The van der Waals surface area contributed by atoms with Gasteiger partial charge in [0.2, 0.25) is 0 Å². The second kappa shape index (κ2) is 6.25. The Kier molecular flexibility index (Phi) is 4.87. The lowest BCUT2D eigenvalue weighted by Crippen LogP contribution is -2.45. The first kappa shape index (κ1) is 14.8. The number of rotatable bonds is 3. The normalized spacial score (nSPS) is 21.6. The van der Waals surface area contributed by atoms with Crippen LogP contribution in [0.25, 0.3) is 0 Å². The van der Waals surface area contributed by atoms with E-state index in [1.54, 1.807) is 11.8 Å². The van der Waals surface area contributed by atoms with Gasteiger partial charge in [0.15, 0.2) is 0 Å². The molecule has 0 N–H and O–H groups in total. The van der Waals surface area contributed by atoms with E-state index >= 15 is 0 Å². The lowest BCUT2D eigenvalue weighted by Gasteiger charge is -2.34. The zero-order valence-electron chi connectivity index (χ0n) is 11.8. The molecule has 2 nitrogen and oxygen atoms in total. The van der Waals surface area contributed by atoms with Crippen molar-refractivity contribution >= 4 is 28.3 Å². The van der Waals surface area contributed by atoms with Crippen molar-refractivity contribution in [2.24, 2.45) is 0 Å². The van der Waals surface area contributed by atoms with Gasteiger partial charge in [-0.25, -0.2) is 0 Å². The van der Waals surface area contributed by atoms with Crippen LogP contribution in [0.5, 0.6) is 0 Å². The van der Waals surface area contributed by atoms with Crippen LogP contribution in [-0.2, 0) is 11.2 Å². The third kappa shape index (κ3) is 3.71. The second-order valence-electron chi connectivity index (χ2n) is 5.33. The van der Waals surface area contributed by atoms with E-state index in [4.69, 9.17) is 17.0 Å². The SMILES string of the molecule is CC1COC(C)(C)N1C(=S)SCCc1ccccc1. The zero-order valence-corrected chi connectivity index (χ0v) is 13.4. The van der Waals surface area contributed by atoms with Crippen LogP contribution >= 0.6 is 24.0 Å². The van der Waals surface area contributed by atoms with Crippen LogP contribution in [-0.4, -0.2) is 33.3 Å². The van der Waals surface area contributed by atoms with E-state index in [0.717, 1.165) is 23.1 Å². The molecule has 2 rings (SSSR count). The molecule has 0 aromatic heterocycles. The number of benzene rings is 1. The minimum atomic E-state index is -0.268. The molecule has 0 spiro atoms. The third-order valence-corrected chi connectivity index (χ3v) is 4.76. The first-order chi connectivity index (χ1) is 9.00. The summed E-state index contributed by atoms with van der Waals surface area (Å²) in [6.07, 6.45) is 1.05. The van der Waals surface area contributed by atoms with Gasteiger partial charge in [0, 0.05) is 5.75 Å². The first-order valence-electron chi connectivity index (χ1n) is 6.64. The molecule has 1 aromatic rings. The standard InChI is InChI=1S/C15H21NOS2/c1-12-11-17-15(2,3)16(12)14(18)19-10-9-13-7-5-4-6-8-13/h4-8,12H,9-11H2,1-3H3. The highest BCUT2D eigenvalue weighted by Crippen LogP contribution is 2.30. The van der Waals surface area contributed by atoms with E-state index < -0.39 is 0 Å². The highest BCUT2D eigenvalue weighted by Gasteiger charge is 2.39. The van der Waals surface area contributed by atoms with Gasteiger partial charge in [-0.15, -0.1) is 0 Å². The van der Waals surface area contributed by atoms with Gasteiger partial charge in [-0.05, 0) is 32.8 Å². The van der Waals surface area contributed by atoms with Crippen LogP contribution in [0.4, 0.5) is 0 Å². The molecule has 1 atom stereocenters. The lowest BCUT2D eigenvalue weighted by molar-refractivity contribution is -0.0195. The zero-order chi connectivity index (χ0) is 13.9. The van der Waals surface area contributed by atoms with Gasteiger partial charge in [0.05, 0.1) is 12.6 Å². The number of aryl methyl sites for hydroxylation is 1. The van der Waals surface area contributed by atoms with E-state index in [-0.39, 0.29) is 5.72 Å². The van der Waals surface area contributed by atoms with E-state index in [9.17, 15) is 0 Å². The van der Waals surface area contributed by atoms with Crippen molar-refractivity contribution in [1.82, 2.24) is 4.90 Å². The Morgan fingerprint density at radius 2 is 2.11 bits per heavy atom. The van der Waals surface area contributed by atoms with Crippen LogP contribution in [0.15, 0.2) is 30.3 Å². The molecule has 0 amide bonds. The summed E-state index contributed by atoms with van der Waals surface area (Å²) in [5, 5.41) is 0. The highest BCUT2D eigenvalue weighted by molar-refractivity contribution is 8.22. The minimum absolute atomic E-state index is 0.268. The summed E-state index contributed by atoms with van der Waals surface area (Å²) in [6, 6.07) is 10.9. The predicted octanol–water partition coefficient (Wildman–Crippen LogP) is 3.70. The number of hydrogen-bond acceptors (Lipinski definition) is 3. The molecule has 1 unspecified atom stereocenters. The average Bonchev–Trinajstić information content (AvgIpc) is 2.64. The summed E-state index contributed by atoms with van der Waals surface area (Å²) < 4.78 is 6.73. The molecule has 104 valence electrons. The van der Waals surface area contributed by atoms with E-state index in [0.29, 0.717) is 6.04 Å². The molecule has 1 saturated heterocycles. The molecule has 0 radical (unpaired) electrons. The topological polar surface area (TPSA) is 12.5 Å². The molecule has 4 heteroatoms. The maximum Gasteiger partial charge on any atom is 0.138 e. The molecule has 1 aliphatic heterocycles. The number of hydrogen-bond donors (Lipinski definition) is 0. The monoisotopic (exact) mass is 295 g/mol. The molecule has 1 heterocycles. The number of thioether (sulfide) groups is 1. The van der Waals surface area contributed by atoms with Crippen molar-refractivity contribution in [3.8, 4) is 0 Å². The Balaban J connectivity index is 1.85. The van der Waals surface area contributed by atoms with Crippen LogP contribution in [0.3, 0.4) is 0 Å². The Morgan fingerprint density at radius 3 is 2.68 bits per heavy atom. The van der Waals surface area contributed by atoms with Crippen molar-refractivity contribution in [1.29, 1.82) is 0 Å². The molecule has 1 aromatic carbocycles. The number of nitrogens with zero attached hydrogens (tertiary/aromatic N) is 1. The van der Waals surface area contributed by atoms with Gasteiger partial charge in [-0.1, -0.05) is 54.3 Å². The summed E-state index contributed by atoms with van der Waals surface area (Å²) >= 11 is 7.32. The van der Waals surface area contributed by atoms with Gasteiger partial charge < -0.3 is 9.64 Å². The van der Waals surface area contributed by atoms with Gasteiger partial charge in [-0.3, -0.25) is 0 Å². The molecule has 0 saturated carbocycles. The molecule has 0 aliphatic carbocycles. The summed E-state index contributed by atoms with van der Waals surface area (Å²) in [5.74, 6) is 1.02. The fraction of sp³-hybridized carbons (Fsp3) is 0.533. The maximum atomic E-state index is 5.78. The van der Waals surface area contributed by atoms with Crippen molar-refractivity contribution < 1.29 is 4.74 Å². The molecule has 0 bridgehead atoms. The largest absolute Gasteiger partial charge is 0.354 e. The minimum Gasteiger partial charge on any atom is -0.354 e. The predicted molar refractivity (Wildman–Crippen MR) is 86.5 cm³/mol. The van der Waals surface area contributed by atoms with Gasteiger partial charge in [-0.2, -0.15) is 0 Å². The van der Waals surface area contributed by atoms with Crippen molar-refractivity contribution in [2.45, 2.75) is 39.0 Å². The van der Waals surface area contributed by atoms with Crippen LogP contribution in [0.2, 0.25) is 0 Å². The lowest BCUT2D eigenvalue weighted by atomic mass is 10.2. The maximum absolute atomic E-state index is 5.78. The smallest absolute Gasteiger partial charge is 0.138 e. The van der Waals surface area contributed by atoms with Gasteiger partial charge in [0.25, 0.3) is 0 Å². The first-order valence-corrected chi connectivity index (χ1v) is 8.04. The number of ether oxygens (including phenoxy) is 1. The number of thiocarbonyl (C=S) groups is 1.